The van der Waals surface area contributed by atoms with E-state index in [1.165, 1.54) is 0 Å². The summed E-state index contributed by atoms with van der Waals surface area (Å²) in [4.78, 5) is 30.6. The molecule has 1 unspecified atom stereocenters. The normalized spacial score (nSPS) is 20.4. The van der Waals surface area contributed by atoms with E-state index in [9.17, 15) is 9.59 Å². The Kier molecular flexibility index (Phi) is 5.44. The predicted molar refractivity (Wildman–Crippen MR) is 110 cm³/mol. The van der Waals surface area contributed by atoms with Gasteiger partial charge in [0.2, 0.25) is 0 Å². The molecule has 1 aliphatic carbocycles. The van der Waals surface area contributed by atoms with Gasteiger partial charge in [0.05, 0.1) is 12.8 Å². The first-order chi connectivity index (χ1) is 14.3. The number of ether oxygens (including phenoxy) is 2. The number of aromatic nitrogens is 1. The quantitative estimate of drug-likeness (QED) is 0.779. The number of likely N-dealkylation sites (tertiary alicyclic amines) is 1. The molecule has 2 aliphatic rings. The van der Waals surface area contributed by atoms with Crippen molar-refractivity contribution in [2.75, 3.05) is 33.4 Å². The topological polar surface area (TPSA) is 93.9 Å². The van der Waals surface area contributed by atoms with E-state index < -0.39 is 5.60 Å². The first-order valence-corrected chi connectivity index (χ1v) is 10.4. The van der Waals surface area contributed by atoms with Gasteiger partial charge in [0.15, 0.2) is 11.3 Å². The van der Waals surface area contributed by atoms with Gasteiger partial charge in [-0.2, -0.15) is 0 Å². The standard InChI is InChI=1S/C22H29N3O5/c1-21(2,14-28-3)30-20(27)25-8-5-22(6-9-25)11-16(22)12-24-19(26)17-10-15-4-7-23-13-18(15)29-17/h4,7,10,13,16H,5-6,8-9,11-12,14H2,1-3H3,(H,24,26). The van der Waals surface area contributed by atoms with E-state index in [1.54, 1.807) is 30.5 Å². The van der Waals surface area contributed by atoms with Crippen LogP contribution in [0.3, 0.4) is 0 Å². The number of furan rings is 1. The van der Waals surface area contributed by atoms with E-state index in [-0.39, 0.29) is 17.4 Å². The number of methoxy groups -OCH3 is 1. The Morgan fingerprint density at radius 1 is 1.37 bits per heavy atom. The van der Waals surface area contributed by atoms with E-state index in [1.807, 2.05) is 19.9 Å². The number of carbonyl (C=O) groups is 2. The first-order valence-electron chi connectivity index (χ1n) is 10.4. The smallest absolute Gasteiger partial charge is 0.410 e. The lowest BCUT2D eigenvalue weighted by molar-refractivity contribution is -0.0364. The number of nitrogens with zero attached hydrogens (tertiary/aromatic N) is 2. The number of fused-ring (bicyclic) bond motifs is 1. The number of piperidine rings is 1. The molecule has 3 heterocycles. The summed E-state index contributed by atoms with van der Waals surface area (Å²) >= 11 is 0. The van der Waals surface area contributed by atoms with Crippen LogP contribution in [0.1, 0.15) is 43.7 Å². The van der Waals surface area contributed by atoms with Gasteiger partial charge in [0, 0.05) is 38.3 Å². The summed E-state index contributed by atoms with van der Waals surface area (Å²) in [5, 5.41) is 3.87. The number of hydrogen-bond acceptors (Lipinski definition) is 6. The number of nitrogens with one attached hydrogen (secondary N) is 1. The minimum Gasteiger partial charge on any atom is -0.449 e. The predicted octanol–water partition coefficient (Wildman–Crippen LogP) is 3.22. The average Bonchev–Trinajstić information content (AvgIpc) is 3.18. The summed E-state index contributed by atoms with van der Waals surface area (Å²) in [6.07, 6.45) is 5.95. The highest BCUT2D eigenvalue weighted by molar-refractivity contribution is 5.95. The molecule has 2 aromatic rings. The lowest BCUT2D eigenvalue weighted by Crippen LogP contribution is -2.44. The van der Waals surface area contributed by atoms with Crippen LogP contribution in [-0.2, 0) is 9.47 Å². The van der Waals surface area contributed by atoms with E-state index in [2.05, 4.69) is 10.3 Å². The van der Waals surface area contributed by atoms with Crippen molar-refractivity contribution in [2.45, 2.75) is 38.7 Å². The minimum absolute atomic E-state index is 0.199. The third-order valence-corrected chi connectivity index (χ3v) is 6.29. The van der Waals surface area contributed by atoms with Crippen molar-refractivity contribution in [1.29, 1.82) is 0 Å². The van der Waals surface area contributed by atoms with Crippen LogP contribution in [0.15, 0.2) is 28.9 Å². The molecule has 2 amide bonds. The van der Waals surface area contributed by atoms with Gasteiger partial charge < -0.3 is 24.1 Å². The van der Waals surface area contributed by atoms with Crippen LogP contribution in [0.25, 0.3) is 11.0 Å². The van der Waals surface area contributed by atoms with E-state index >= 15 is 0 Å². The second-order valence-electron chi connectivity index (χ2n) is 9.05. The fourth-order valence-electron chi connectivity index (χ4n) is 4.44. The lowest BCUT2D eigenvalue weighted by atomic mass is 9.91. The molecule has 1 aliphatic heterocycles. The lowest BCUT2D eigenvalue weighted by Gasteiger charge is -2.35. The van der Waals surface area contributed by atoms with Crippen LogP contribution in [0.2, 0.25) is 0 Å². The van der Waals surface area contributed by atoms with Crippen molar-refractivity contribution < 1.29 is 23.5 Å². The number of amides is 2. The van der Waals surface area contributed by atoms with Crippen LogP contribution in [-0.4, -0.2) is 60.8 Å². The Morgan fingerprint density at radius 3 is 2.83 bits per heavy atom. The molecule has 0 radical (unpaired) electrons. The molecular formula is C22H29N3O5. The maximum Gasteiger partial charge on any atom is 0.410 e. The summed E-state index contributed by atoms with van der Waals surface area (Å²) in [5.41, 5.74) is 0.197. The van der Waals surface area contributed by atoms with E-state index in [0.29, 0.717) is 43.5 Å². The molecule has 0 aromatic carbocycles. The number of rotatable bonds is 6. The van der Waals surface area contributed by atoms with Crippen LogP contribution in [0.5, 0.6) is 0 Å². The number of hydrogen-bond donors (Lipinski definition) is 1. The SMILES string of the molecule is COCC(C)(C)OC(=O)N1CCC2(CC1)CC2CNC(=O)c1cc2ccncc2o1. The molecule has 1 saturated carbocycles. The summed E-state index contributed by atoms with van der Waals surface area (Å²) in [7, 11) is 1.59. The molecule has 4 rings (SSSR count). The van der Waals surface area contributed by atoms with Gasteiger partial charge in [0.1, 0.15) is 5.60 Å². The molecular weight excluding hydrogens is 386 g/mol. The molecule has 1 N–H and O–H groups in total. The van der Waals surface area contributed by atoms with Crippen molar-refractivity contribution in [3.05, 3.63) is 30.3 Å². The highest BCUT2D eigenvalue weighted by Gasteiger charge is 2.55. The van der Waals surface area contributed by atoms with E-state index in [0.717, 1.165) is 24.6 Å². The summed E-state index contributed by atoms with van der Waals surface area (Å²) in [6, 6.07) is 3.56. The Balaban J connectivity index is 1.24. The molecule has 2 aromatic heterocycles. The van der Waals surface area contributed by atoms with Gasteiger partial charge in [-0.1, -0.05) is 0 Å². The number of pyridine rings is 1. The highest BCUT2D eigenvalue weighted by atomic mass is 16.6. The molecule has 8 heteroatoms. The Hall–Kier alpha value is -2.61. The maximum atomic E-state index is 12.4. The first kappa shape index (κ1) is 20.7. The zero-order valence-corrected chi connectivity index (χ0v) is 17.8. The van der Waals surface area contributed by atoms with Crippen LogP contribution >= 0.6 is 0 Å². The highest BCUT2D eigenvalue weighted by Crippen LogP contribution is 2.59. The fourth-order valence-corrected chi connectivity index (χ4v) is 4.44. The molecule has 2 fully saturated rings. The molecule has 30 heavy (non-hydrogen) atoms. The molecule has 1 spiro atoms. The molecule has 8 nitrogen and oxygen atoms in total. The van der Waals surface area contributed by atoms with Gasteiger partial charge in [-0.3, -0.25) is 9.78 Å². The summed E-state index contributed by atoms with van der Waals surface area (Å²) < 4.78 is 16.3. The largest absolute Gasteiger partial charge is 0.449 e. The van der Waals surface area contributed by atoms with Crippen molar-refractivity contribution in [2.24, 2.45) is 11.3 Å². The maximum absolute atomic E-state index is 12.4. The Bertz CT molecular complexity index is 897. The third-order valence-electron chi connectivity index (χ3n) is 6.29. The monoisotopic (exact) mass is 415 g/mol. The van der Waals surface area contributed by atoms with Gasteiger partial charge in [-0.15, -0.1) is 0 Å². The van der Waals surface area contributed by atoms with Crippen molar-refractivity contribution in [1.82, 2.24) is 15.2 Å². The second kappa shape index (κ2) is 7.91. The van der Waals surface area contributed by atoms with Crippen molar-refractivity contribution >= 4 is 23.0 Å². The zero-order valence-electron chi connectivity index (χ0n) is 17.8. The van der Waals surface area contributed by atoms with Crippen LogP contribution in [0.4, 0.5) is 4.79 Å². The zero-order chi connectivity index (χ0) is 21.4. The van der Waals surface area contributed by atoms with Crippen molar-refractivity contribution in [3.8, 4) is 0 Å². The second-order valence-corrected chi connectivity index (χ2v) is 9.05. The van der Waals surface area contributed by atoms with Gasteiger partial charge in [-0.05, 0) is 56.6 Å². The molecule has 0 bridgehead atoms. The van der Waals surface area contributed by atoms with Gasteiger partial charge in [0.25, 0.3) is 5.91 Å². The molecule has 1 saturated heterocycles. The minimum atomic E-state index is -0.639. The van der Waals surface area contributed by atoms with Crippen molar-refractivity contribution in [3.63, 3.8) is 0 Å². The molecule has 162 valence electrons. The van der Waals surface area contributed by atoms with Gasteiger partial charge >= 0.3 is 6.09 Å². The third kappa shape index (κ3) is 4.28. The molecule has 1 atom stereocenters. The Labute approximate surface area is 175 Å². The van der Waals surface area contributed by atoms with Crippen LogP contribution < -0.4 is 5.32 Å². The Morgan fingerprint density at radius 2 is 2.13 bits per heavy atom. The number of carbonyl (C=O) groups excluding carboxylic acids is 2. The van der Waals surface area contributed by atoms with Crippen LogP contribution in [0, 0.1) is 11.3 Å². The van der Waals surface area contributed by atoms with E-state index in [4.69, 9.17) is 13.9 Å². The fraction of sp³-hybridized carbons (Fsp3) is 0.591. The summed E-state index contributed by atoms with van der Waals surface area (Å²) in [5.74, 6) is 0.550. The summed E-state index contributed by atoms with van der Waals surface area (Å²) in [6.45, 7) is 6.04. The van der Waals surface area contributed by atoms with Gasteiger partial charge in [-0.25, -0.2) is 4.79 Å². The average molecular weight is 415 g/mol.